The van der Waals surface area contributed by atoms with Crippen LogP contribution in [0.15, 0.2) is 82.8 Å². The number of hydrazone groups is 1. The van der Waals surface area contributed by atoms with Gasteiger partial charge in [-0.25, -0.2) is 18.2 Å². The van der Waals surface area contributed by atoms with Gasteiger partial charge in [0.1, 0.15) is 12.4 Å². The van der Waals surface area contributed by atoms with Crippen LogP contribution in [0.25, 0.3) is 0 Å². The Labute approximate surface area is 185 Å². The molecule has 6 nitrogen and oxygen atoms in total. The van der Waals surface area contributed by atoms with Crippen LogP contribution in [0.1, 0.15) is 11.1 Å². The molecule has 0 saturated carbocycles. The summed E-state index contributed by atoms with van der Waals surface area (Å²) in [7, 11) is -4.04. The highest BCUT2D eigenvalue weighted by Gasteiger charge is 2.27. The lowest BCUT2D eigenvalue weighted by Gasteiger charge is -2.23. The molecule has 3 aromatic rings. The number of rotatable bonds is 7. The molecule has 0 fully saturated rings. The summed E-state index contributed by atoms with van der Waals surface area (Å²) in [5, 5.41) is 4.21. The molecule has 9 heteroatoms. The Kier molecular flexibility index (Phi) is 7.04. The van der Waals surface area contributed by atoms with Gasteiger partial charge >= 0.3 is 0 Å². The number of nitrogens with zero attached hydrogens (tertiary/aromatic N) is 2. The third kappa shape index (κ3) is 5.90. The van der Waals surface area contributed by atoms with E-state index in [2.05, 4.69) is 10.5 Å². The van der Waals surface area contributed by atoms with Gasteiger partial charge in [-0.3, -0.25) is 9.10 Å². The number of sulfonamides is 1. The maximum absolute atomic E-state index is 13.2. The number of amides is 1. The highest BCUT2D eigenvalue weighted by molar-refractivity contribution is 7.92. The van der Waals surface area contributed by atoms with Crippen LogP contribution in [0.5, 0.6) is 0 Å². The van der Waals surface area contributed by atoms with E-state index in [0.29, 0.717) is 16.3 Å². The molecule has 0 spiro atoms. The molecule has 0 atom stereocenters. The van der Waals surface area contributed by atoms with E-state index in [4.69, 9.17) is 11.6 Å². The summed E-state index contributed by atoms with van der Waals surface area (Å²) >= 11 is 5.87. The van der Waals surface area contributed by atoms with Crippen molar-refractivity contribution in [3.05, 3.63) is 94.8 Å². The van der Waals surface area contributed by atoms with Crippen molar-refractivity contribution in [2.75, 3.05) is 10.8 Å². The second-order valence-corrected chi connectivity index (χ2v) is 8.94. The number of hydrogen-bond donors (Lipinski definition) is 1. The van der Waals surface area contributed by atoms with Gasteiger partial charge in [0.2, 0.25) is 0 Å². The summed E-state index contributed by atoms with van der Waals surface area (Å²) in [6.45, 7) is 1.38. The molecule has 0 unspecified atom stereocenters. The van der Waals surface area contributed by atoms with Crippen LogP contribution in [0.4, 0.5) is 10.1 Å². The Hall–Kier alpha value is -3.23. The molecule has 0 aliphatic heterocycles. The average molecular weight is 460 g/mol. The fraction of sp³-hybridized carbons (Fsp3) is 0.0909. The monoisotopic (exact) mass is 459 g/mol. The van der Waals surface area contributed by atoms with E-state index in [1.54, 1.807) is 24.3 Å². The van der Waals surface area contributed by atoms with Crippen molar-refractivity contribution in [2.45, 2.75) is 11.8 Å². The molecule has 0 bridgehead atoms. The van der Waals surface area contributed by atoms with E-state index in [1.807, 2.05) is 6.92 Å². The van der Waals surface area contributed by atoms with Crippen molar-refractivity contribution in [2.24, 2.45) is 5.10 Å². The highest BCUT2D eigenvalue weighted by Crippen LogP contribution is 2.25. The van der Waals surface area contributed by atoms with Crippen LogP contribution in [-0.2, 0) is 14.8 Å². The lowest BCUT2D eigenvalue weighted by molar-refractivity contribution is -0.119. The van der Waals surface area contributed by atoms with Crippen LogP contribution >= 0.6 is 11.6 Å². The fourth-order valence-electron chi connectivity index (χ4n) is 2.65. The molecule has 31 heavy (non-hydrogen) atoms. The number of aryl methyl sites for hydroxylation is 1. The summed E-state index contributed by atoms with van der Waals surface area (Å²) in [6.07, 6.45) is 1.33. The minimum absolute atomic E-state index is 0.0000819. The van der Waals surface area contributed by atoms with E-state index in [0.717, 1.165) is 9.87 Å². The predicted octanol–water partition coefficient (Wildman–Crippen LogP) is 4.13. The summed E-state index contributed by atoms with van der Waals surface area (Å²) < 4.78 is 40.4. The molecule has 0 aromatic heterocycles. The van der Waals surface area contributed by atoms with Gasteiger partial charge in [0.15, 0.2) is 0 Å². The number of hydrogen-bond acceptors (Lipinski definition) is 4. The van der Waals surface area contributed by atoms with Crippen molar-refractivity contribution in [3.8, 4) is 0 Å². The largest absolute Gasteiger partial charge is 0.271 e. The van der Waals surface area contributed by atoms with Crippen molar-refractivity contribution in [1.82, 2.24) is 5.43 Å². The van der Waals surface area contributed by atoms with Gasteiger partial charge in [-0.05, 0) is 61.0 Å². The normalized spacial score (nSPS) is 11.5. The van der Waals surface area contributed by atoms with Crippen molar-refractivity contribution < 1.29 is 17.6 Å². The van der Waals surface area contributed by atoms with Crippen molar-refractivity contribution in [1.29, 1.82) is 0 Å². The van der Waals surface area contributed by atoms with Crippen LogP contribution in [0.3, 0.4) is 0 Å². The lowest BCUT2D eigenvalue weighted by atomic mass is 10.2. The lowest BCUT2D eigenvalue weighted by Crippen LogP contribution is -2.39. The summed E-state index contributed by atoms with van der Waals surface area (Å²) in [4.78, 5) is 12.5. The molecule has 160 valence electrons. The zero-order chi connectivity index (χ0) is 22.4. The van der Waals surface area contributed by atoms with Gasteiger partial charge in [-0.2, -0.15) is 5.10 Å². The second-order valence-electron chi connectivity index (χ2n) is 6.65. The molecule has 1 N–H and O–H groups in total. The average Bonchev–Trinajstić information content (AvgIpc) is 2.74. The third-order valence-electron chi connectivity index (χ3n) is 4.28. The Morgan fingerprint density at radius 1 is 1.03 bits per heavy atom. The van der Waals surface area contributed by atoms with E-state index in [9.17, 15) is 17.6 Å². The molecule has 3 rings (SSSR count). The Bertz CT molecular complexity index is 1180. The van der Waals surface area contributed by atoms with Crippen molar-refractivity contribution >= 4 is 39.4 Å². The quantitative estimate of drug-likeness (QED) is 0.426. The maximum atomic E-state index is 13.2. The van der Waals surface area contributed by atoms with Crippen LogP contribution in [0.2, 0.25) is 5.02 Å². The predicted molar refractivity (Wildman–Crippen MR) is 119 cm³/mol. The van der Waals surface area contributed by atoms with Crippen LogP contribution in [0, 0.1) is 12.7 Å². The van der Waals surface area contributed by atoms with Gasteiger partial charge in [0.05, 0.1) is 16.8 Å². The first-order chi connectivity index (χ1) is 14.8. The second kappa shape index (κ2) is 9.72. The molecule has 0 radical (unpaired) electrons. The number of benzene rings is 3. The molecule has 0 aliphatic carbocycles. The minimum atomic E-state index is -4.04. The standard InChI is InChI=1S/C22H19ClFN3O3S/c1-16-2-10-20(11-3-16)27(31(29,30)21-12-6-18(23)7-13-21)15-22(28)26-25-14-17-4-8-19(24)9-5-17/h2-14H,15H2,1H3,(H,26,28)/b25-14-. The van der Waals surface area contributed by atoms with Gasteiger partial charge < -0.3 is 0 Å². The highest BCUT2D eigenvalue weighted by atomic mass is 35.5. The topological polar surface area (TPSA) is 78.8 Å². The SMILES string of the molecule is Cc1ccc(N(CC(=O)N/N=C\c2ccc(F)cc2)S(=O)(=O)c2ccc(Cl)cc2)cc1. The number of halogens is 2. The van der Waals surface area contributed by atoms with E-state index in [-0.39, 0.29) is 10.7 Å². The van der Waals surface area contributed by atoms with Crippen LogP contribution in [-0.4, -0.2) is 27.1 Å². The van der Waals surface area contributed by atoms with Gasteiger partial charge in [0.25, 0.3) is 15.9 Å². The Morgan fingerprint density at radius 2 is 1.65 bits per heavy atom. The van der Waals surface area contributed by atoms with Gasteiger partial charge in [-0.15, -0.1) is 0 Å². The third-order valence-corrected chi connectivity index (χ3v) is 6.32. The molecule has 0 heterocycles. The van der Waals surface area contributed by atoms with Gasteiger partial charge in [0, 0.05) is 5.02 Å². The van der Waals surface area contributed by atoms with Crippen molar-refractivity contribution in [3.63, 3.8) is 0 Å². The summed E-state index contributed by atoms with van der Waals surface area (Å²) in [6, 6.07) is 18.0. The van der Waals surface area contributed by atoms with E-state index in [1.165, 1.54) is 54.7 Å². The molecular weight excluding hydrogens is 441 g/mol. The molecule has 1 amide bonds. The number of carbonyl (C=O) groups is 1. The molecular formula is C22H19ClFN3O3S. The van der Waals surface area contributed by atoms with E-state index >= 15 is 0 Å². The summed E-state index contributed by atoms with van der Waals surface area (Å²) in [5.74, 6) is -1.03. The first-order valence-corrected chi connectivity index (χ1v) is 11.0. The summed E-state index contributed by atoms with van der Waals surface area (Å²) in [5.41, 5.74) is 4.15. The first kappa shape index (κ1) is 22.5. The molecule has 3 aromatic carbocycles. The van der Waals surface area contributed by atoms with Crippen LogP contribution < -0.4 is 9.73 Å². The Balaban J connectivity index is 1.82. The van der Waals surface area contributed by atoms with E-state index < -0.39 is 22.5 Å². The minimum Gasteiger partial charge on any atom is -0.271 e. The zero-order valence-electron chi connectivity index (χ0n) is 16.5. The molecule has 0 saturated heterocycles. The smallest absolute Gasteiger partial charge is 0.264 e. The number of nitrogens with one attached hydrogen (secondary N) is 1. The number of anilines is 1. The maximum Gasteiger partial charge on any atom is 0.264 e. The first-order valence-electron chi connectivity index (χ1n) is 9.18. The number of carbonyl (C=O) groups excluding carboxylic acids is 1. The fourth-order valence-corrected chi connectivity index (χ4v) is 4.20. The Morgan fingerprint density at radius 3 is 2.26 bits per heavy atom. The van der Waals surface area contributed by atoms with Gasteiger partial charge in [-0.1, -0.05) is 41.4 Å². The zero-order valence-corrected chi connectivity index (χ0v) is 18.1. The molecule has 0 aliphatic rings.